The number of hydrogen-bond acceptors (Lipinski definition) is 2. The predicted octanol–water partition coefficient (Wildman–Crippen LogP) is 4.15. The minimum Gasteiger partial charge on any atom is -0.317 e. The number of fused-ring (bicyclic) bond motifs is 1. The molecule has 1 aromatic rings. The van der Waals surface area contributed by atoms with Crippen LogP contribution in [0.2, 0.25) is 0 Å². The SMILES string of the molecule is CC(C)N(CC1CCNCC1)C1CCc2c(Br)cccc21. The van der Waals surface area contributed by atoms with E-state index in [1.54, 1.807) is 11.1 Å². The van der Waals surface area contributed by atoms with Gasteiger partial charge >= 0.3 is 0 Å². The summed E-state index contributed by atoms with van der Waals surface area (Å²) >= 11 is 3.73. The van der Waals surface area contributed by atoms with Crippen molar-refractivity contribution in [2.75, 3.05) is 19.6 Å². The number of halogens is 1. The summed E-state index contributed by atoms with van der Waals surface area (Å²) in [6, 6.07) is 7.97. The molecule has 1 fully saturated rings. The van der Waals surface area contributed by atoms with Crippen molar-refractivity contribution in [1.29, 1.82) is 0 Å². The van der Waals surface area contributed by atoms with Crippen molar-refractivity contribution in [3.05, 3.63) is 33.8 Å². The smallest absolute Gasteiger partial charge is 0.0357 e. The number of nitrogens with zero attached hydrogens (tertiary/aromatic N) is 1. The van der Waals surface area contributed by atoms with Crippen molar-refractivity contribution in [1.82, 2.24) is 10.2 Å². The molecule has 1 saturated heterocycles. The molecule has 0 radical (unpaired) electrons. The second-order valence-electron chi connectivity index (χ2n) is 6.85. The minimum absolute atomic E-state index is 0.618. The summed E-state index contributed by atoms with van der Waals surface area (Å²) < 4.78 is 1.30. The molecule has 1 heterocycles. The molecule has 1 unspecified atom stereocenters. The van der Waals surface area contributed by atoms with Gasteiger partial charge in [0.05, 0.1) is 0 Å². The van der Waals surface area contributed by atoms with E-state index in [2.05, 4.69) is 58.2 Å². The third-order valence-corrected chi connectivity index (χ3v) is 5.92. The number of nitrogens with one attached hydrogen (secondary N) is 1. The molecule has 0 bridgehead atoms. The third-order valence-electron chi connectivity index (χ3n) is 5.17. The molecule has 1 aromatic carbocycles. The molecule has 0 saturated carbocycles. The molecule has 2 nitrogen and oxygen atoms in total. The van der Waals surface area contributed by atoms with Gasteiger partial charge in [0.1, 0.15) is 0 Å². The van der Waals surface area contributed by atoms with Gasteiger partial charge in [-0.15, -0.1) is 0 Å². The predicted molar refractivity (Wildman–Crippen MR) is 92.6 cm³/mol. The third kappa shape index (κ3) is 3.35. The van der Waals surface area contributed by atoms with Gasteiger partial charge in [-0.2, -0.15) is 0 Å². The summed E-state index contributed by atoms with van der Waals surface area (Å²) in [7, 11) is 0. The summed E-state index contributed by atoms with van der Waals surface area (Å²) in [6.07, 6.45) is 5.17. The van der Waals surface area contributed by atoms with Crippen LogP contribution >= 0.6 is 15.9 Å². The fourth-order valence-corrected chi connectivity index (χ4v) is 4.57. The Morgan fingerprint density at radius 3 is 2.71 bits per heavy atom. The second-order valence-corrected chi connectivity index (χ2v) is 7.70. The molecule has 0 aromatic heterocycles. The first kappa shape index (κ1) is 15.5. The van der Waals surface area contributed by atoms with Crippen molar-refractivity contribution in [3.63, 3.8) is 0 Å². The molecule has 0 spiro atoms. The summed E-state index contributed by atoms with van der Waals surface area (Å²) in [4.78, 5) is 2.76. The van der Waals surface area contributed by atoms with Crippen LogP contribution in [0.15, 0.2) is 22.7 Å². The summed E-state index contributed by atoms with van der Waals surface area (Å²) in [6.45, 7) is 8.37. The summed E-state index contributed by atoms with van der Waals surface area (Å²) in [5.74, 6) is 0.866. The monoisotopic (exact) mass is 350 g/mol. The van der Waals surface area contributed by atoms with E-state index in [0.29, 0.717) is 12.1 Å². The molecule has 2 aliphatic rings. The molecule has 3 rings (SSSR count). The maximum atomic E-state index is 3.73. The van der Waals surface area contributed by atoms with Gasteiger partial charge in [0, 0.05) is 23.1 Å². The van der Waals surface area contributed by atoms with Gasteiger partial charge in [0.25, 0.3) is 0 Å². The zero-order valence-electron chi connectivity index (χ0n) is 13.2. The molecule has 21 heavy (non-hydrogen) atoms. The lowest BCUT2D eigenvalue weighted by atomic mass is 9.95. The van der Waals surface area contributed by atoms with E-state index in [1.165, 1.54) is 49.8 Å². The van der Waals surface area contributed by atoms with Gasteiger partial charge in [0.15, 0.2) is 0 Å². The highest BCUT2D eigenvalue weighted by molar-refractivity contribution is 9.10. The number of piperidine rings is 1. The van der Waals surface area contributed by atoms with Crippen LogP contribution < -0.4 is 5.32 Å². The van der Waals surface area contributed by atoms with Gasteiger partial charge in [-0.05, 0) is 75.7 Å². The zero-order chi connectivity index (χ0) is 14.8. The first-order chi connectivity index (χ1) is 10.2. The van der Waals surface area contributed by atoms with Crippen LogP contribution in [0.4, 0.5) is 0 Å². The van der Waals surface area contributed by atoms with E-state index in [1.807, 2.05) is 0 Å². The minimum atomic E-state index is 0.618. The Labute approximate surface area is 137 Å². The van der Waals surface area contributed by atoms with Crippen LogP contribution in [-0.2, 0) is 6.42 Å². The highest BCUT2D eigenvalue weighted by Crippen LogP contribution is 2.40. The quantitative estimate of drug-likeness (QED) is 0.877. The van der Waals surface area contributed by atoms with E-state index in [-0.39, 0.29) is 0 Å². The second kappa shape index (κ2) is 6.80. The Morgan fingerprint density at radius 2 is 2.00 bits per heavy atom. The van der Waals surface area contributed by atoms with Gasteiger partial charge in [0.2, 0.25) is 0 Å². The lowest BCUT2D eigenvalue weighted by Gasteiger charge is -2.37. The van der Waals surface area contributed by atoms with E-state index < -0.39 is 0 Å². The van der Waals surface area contributed by atoms with Gasteiger partial charge in [-0.25, -0.2) is 0 Å². The van der Waals surface area contributed by atoms with Crippen LogP contribution in [0.5, 0.6) is 0 Å². The molecule has 3 heteroatoms. The Morgan fingerprint density at radius 1 is 1.24 bits per heavy atom. The van der Waals surface area contributed by atoms with Gasteiger partial charge in [-0.1, -0.05) is 28.1 Å². The molecular formula is C18H27BrN2. The average molecular weight is 351 g/mol. The van der Waals surface area contributed by atoms with Gasteiger partial charge in [-0.3, -0.25) is 4.90 Å². The number of hydrogen-bond donors (Lipinski definition) is 1. The number of rotatable bonds is 4. The summed E-state index contributed by atoms with van der Waals surface area (Å²) in [5.41, 5.74) is 3.10. The first-order valence-corrected chi connectivity index (χ1v) is 9.20. The molecular weight excluding hydrogens is 324 g/mol. The molecule has 1 atom stereocenters. The van der Waals surface area contributed by atoms with Crippen LogP contribution in [0.25, 0.3) is 0 Å². The maximum absolute atomic E-state index is 3.73. The van der Waals surface area contributed by atoms with E-state index >= 15 is 0 Å². The lowest BCUT2D eigenvalue weighted by molar-refractivity contribution is 0.116. The number of benzene rings is 1. The van der Waals surface area contributed by atoms with Gasteiger partial charge < -0.3 is 5.32 Å². The van der Waals surface area contributed by atoms with Crippen molar-refractivity contribution >= 4 is 15.9 Å². The zero-order valence-corrected chi connectivity index (χ0v) is 14.8. The molecule has 0 amide bonds. The van der Waals surface area contributed by atoms with Crippen LogP contribution in [0, 0.1) is 5.92 Å². The van der Waals surface area contributed by atoms with E-state index in [4.69, 9.17) is 0 Å². The standard InChI is InChI=1S/C18H27BrN2/c1-13(2)21(12-14-8-10-20-11-9-14)18-7-6-15-16(18)4-3-5-17(15)19/h3-5,13-14,18,20H,6-12H2,1-2H3. The maximum Gasteiger partial charge on any atom is 0.0357 e. The highest BCUT2D eigenvalue weighted by Gasteiger charge is 2.31. The average Bonchev–Trinajstić information content (AvgIpc) is 2.91. The molecule has 1 aliphatic carbocycles. The van der Waals surface area contributed by atoms with Crippen LogP contribution in [0.3, 0.4) is 0 Å². The van der Waals surface area contributed by atoms with Crippen molar-refractivity contribution in [2.45, 2.75) is 51.6 Å². The fourth-order valence-electron chi connectivity index (χ4n) is 3.99. The Hall–Kier alpha value is -0.380. The normalized spacial score (nSPS) is 23.0. The van der Waals surface area contributed by atoms with Crippen molar-refractivity contribution in [3.8, 4) is 0 Å². The van der Waals surface area contributed by atoms with E-state index in [9.17, 15) is 0 Å². The molecule has 1 N–H and O–H groups in total. The Bertz CT molecular complexity index is 480. The largest absolute Gasteiger partial charge is 0.317 e. The van der Waals surface area contributed by atoms with Crippen LogP contribution in [0.1, 0.15) is 50.3 Å². The molecule has 1 aliphatic heterocycles. The van der Waals surface area contributed by atoms with E-state index in [0.717, 1.165) is 5.92 Å². The summed E-state index contributed by atoms with van der Waals surface area (Å²) in [5, 5.41) is 3.49. The topological polar surface area (TPSA) is 15.3 Å². The highest BCUT2D eigenvalue weighted by atomic mass is 79.9. The fraction of sp³-hybridized carbons (Fsp3) is 0.667. The van der Waals surface area contributed by atoms with Crippen molar-refractivity contribution in [2.24, 2.45) is 5.92 Å². The first-order valence-electron chi connectivity index (χ1n) is 8.40. The molecule has 116 valence electrons. The Balaban J connectivity index is 1.78. The lowest BCUT2D eigenvalue weighted by Crippen LogP contribution is -2.41. The van der Waals surface area contributed by atoms with Crippen molar-refractivity contribution < 1.29 is 0 Å². The van der Waals surface area contributed by atoms with Crippen LogP contribution in [-0.4, -0.2) is 30.6 Å². The Kier molecular flexibility index (Phi) is 5.03.